The van der Waals surface area contributed by atoms with Crippen molar-refractivity contribution in [2.75, 3.05) is 5.32 Å². The highest BCUT2D eigenvalue weighted by atomic mass is 15.2. The molecule has 2 bridgehead atoms. The van der Waals surface area contributed by atoms with Gasteiger partial charge in [0, 0.05) is 24.7 Å². The third-order valence-corrected chi connectivity index (χ3v) is 5.82. The van der Waals surface area contributed by atoms with Gasteiger partial charge in [0.1, 0.15) is 0 Å². The van der Waals surface area contributed by atoms with E-state index in [-0.39, 0.29) is 0 Å². The van der Waals surface area contributed by atoms with E-state index in [4.69, 9.17) is 0 Å². The van der Waals surface area contributed by atoms with E-state index in [1.165, 1.54) is 31.2 Å². The average Bonchev–Trinajstić information content (AvgIpc) is 3.13. The molecule has 0 amide bonds. The Hall–Kier alpha value is -2.33. The summed E-state index contributed by atoms with van der Waals surface area (Å²) >= 11 is 0. The first-order valence-corrected chi connectivity index (χ1v) is 9.36. The molecule has 2 unspecified atom stereocenters. The van der Waals surface area contributed by atoms with E-state index in [2.05, 4.69) is 62.6 Å². The fraction of sp³-hybridized carbons (Fsp3) is 0.381. The zero-order valence-corrected chi connectivity index (χ0v) is 14.4. The normalized spacial score (nSPS) is 26.2. The zero-order valence-electron chi connectivity index (χ0n) is 14.4. The van der Waals surface area contributed by atoms with Crippen LogP contribution in [0.25, 0.3) is 11.0 Å². The first-order chi connectivity index (χ1) is 12.3. The molecule has 1 aromatic heterocycles. The number of imidazole rings is 1. The van der Waals surface area contributed by atoms with Gasteiger partial charge in [-0.05, 0) is 43.4 Å². The first-order valence-electron chi connectivity index (χ1n) is 9.36. The number of aromatic amines is 1. The third-order valence-electron chi connectivity index (χ3n) is 5.82. The summed E-state index contributed by atoms with van der Waals surface area (Å²) in [5, 5.41) is 3.66. The number of H-pyrrole nitrogens is 1. The molecule has 2 atom stereocenters. The number of aromatic nitrogens is 2. The smallest absolute Gasteiger partial charge is 0.201 e. The van der Waals surface area contributed by atoms with Crippen LogP contribution in [0.1, 0.15) is 31.2 Å². The Balaban J connectivity index is 1.28. The van der Waals surface area contributed by atoms with Gasteiger partial charge < -0.3 is 10.3 Å². The number of anilines is 1. The predicted molar refractivity (Wildman–Crippen MR) is 102 cm³/mol. The van der Waals surface area contributed by atoms with Crippen LogP contribution < -0.4 is 5.32 Å². The molecule has 2 fully saturated rings. The second kappa shape index (κ2) is 6.19. The van der Waals surface area contributed by atoms with Gasteiger partial charge in [-0.1, -0.05) is 42.5 Å². The molecule has 0 radical (unpaired) electrons. The van der Waals surface area contributed by atoms with Crippen molar-refractivity contribution in [3.05, 3.63) is 60.2 Å². The van der Waals surface area contributed by atoms with Gasteiger partial charge in [0.2, 0.25) is 5.95 Å². The highest BCUT2D eigenvalue weighted by molar-refractivity contribution is 5.77. The molecule has 128 valence electrons. The maximum Gasteiger partial charge on any atom is 0.201 e. The van der Waals surface area contributed by atoms with Crippen LogP contribution in [0.5, 0.6) is 0 Å². The minimum atomic E-state index is 0.519. The van der Waals surface area contributed by atoms with Crippen molar-refractivity contribution in [3.63, 3.8) is 0 Å². The Labute approximate surface area is 148 Å². The van der Waals surface area contributed by atoms with E-state index in [9.17, 15) is 0 Å². The number of benzene rings is 2. The first kappa shape index (κ1) is 15.0. The molecule has 5 rings (SSSR count). The Morgan fingerprint density at radius 3 is 2.44 bits per heavy atom. The van der Waals surface area contributed by atoms with E-state index in [1.54, 1.807) is 0 Å². The van der Waals surface area contributed by atoms with Crippen molar-refractivity contribution in [2.24, 2.45) is 0 Å². The summed E-state index contributed by atoms with van der Waals surface area (Å²) < 4.78 is 0. The summed E-state index contributed by atoms with van der Waals surface area (Å²) in [5.74, 6) is 0.919. The molecule has 25 heavy (non-hydrogen) atoms. The second-order valence-electron chi connectivity index (χ2n) is 7.46. The summed E-state index contributed by atoms with van der Waals surface area (Å²) in [6, 6.07) is 21.0. The molecule has 4 heteroatoms. The minimum Gasteiger partial charge on any atom is -0.353 e. The lowest BCUT2D eigenvalue weighted by Gasteiger charge is -2.39. The van der Waals surface area contributed by atoms with Crippen molar-refractivity contribution in [3.8, 4) is 0 Å². The van der Waals surface area contributed by atoms with Gasteiger partial charge >= 0.3 is 0 Å². The van der Waals surface area contributed by atoms with Gasteiger partial charge in [0.25, 0.3) is 0 Å². The number of para-hydroxylation sites is 2. The molecule has 3 aromatic rings. The number of nitrogens with one attached hydrogen (secondary N) is 2. The lowest BCUT2D eigenvalue weighted by atomic mass is 9.96. The van der Waals surface area contributed by atoms with Crippen LogP contribution in [0.15, 0.2) is 54.6 Å². The predicted octanol–water partition coefficient (Wildman–Crippen LogP) is 4.17. The third kappa shape index (κ3) is 2.91. The Bertz CT molecular complexity index is 809. The Morgan fingerprint density at radius 2 is 1.68 bits per heavy atom. The van der Waals surface area contributed by atoms with Crippen molar-refractivity contribution in [2.45, 2.75) is 50.4 Å². The van der Waals surface area contributed by atoms with E-state index < -0.39 is 0 Å². The second-order valence-corrected chi connectivity index (χ2v) is 7.46. The molecule has 2 saturated heterocycles. The highest BCUT2D eigenvalue weighted by Crippen LogP contribution is 2.37. The maximum atomic E-state index is 4.68. The van der Waals surface area contributed by atoms with Gasteiger partial charge in [0.15, 0.2) is 0 Å². The molecule has 4 nitrogen and oxygen atoms in total. The van der Waals surface area contributed by atoms with Gasteiger partial charge in [-0.3, -0.25) is 4.90 Å². The Morgan fingerprint density at radius 1 is 0.960 bits per heavy atom. The van der Waals surface area contributed by atoms with Crippen LogP contribution in [0.3, 0.4) is 0 Å². The summed E-state index contributed by atoms with van der Waals surface area (Å²) in [6.07, 6.45) is 5.08. The van der Waals surface area contributed by atoms with E-state index in [1.807, 2.05) is 12.1 Å². The van der Waals surface area contributed by atoms with Crippen LogP contribution in [0.2, 0.25) is 0 Å². The number of hydrogen-bond acceptors (Lipinski definition) is 3. The van der Waals surface area contributed by atoms with Crippen molar-refractivity contribution < 1.29 is 0 Å². The molecule has 2 N–H and O–H groups in total. The Kier molecular flexibility index (Phi) is 3.71. The molecule has 0 saturated carbocycles. The maximum absolute atomic E-state index is 4.68. The van der Waals surface area contributed by atoms with Gasteiger partial charge in [-0.2, -0.15) is 0 Å². The number of fused-ring (bicyclic) bond motifs is 3. The van der Waals surface area contributed by atoms with Crippen LogP contribution in [-0.2, 0) is 6.54 Å². The zero-order chi connectivity index (χ0) is 16.6. The van der Waals surface area contributed by atoms with Crippen LogP contribution >= 0.6 is 0 Å². The SMILES string of the molecule is c1ccc(CN2C3CCC2CC(Nc2nc4ccccc4[nH]2)C3)cc1. The van der Waals surface area contributed by atoms with E-state index in [0.717, 1.165) is 23.5 Å². The molecule has 2 aliphatic rings. The fourth-order valence-corrected chi connectivity index (χ4v) is 4.66. The van der Waals surface area contributed by atoms with Gasteiger partial charge in [-0.15, -0.1) is 0 Å². The molecule has 3 heterocycles. The highest BCUT2D eigenvalue weighted by Gasteiger charge is 2.40. The van der Waals surface area contributed by atoms with Crippen LogP contribution in [0.4, 0.5) is 5.95 Å². The lowest BCUT2D eigenvalue weighted by molar-refractivity contribution is 0.124. The molecular formula is C21H24N4. The quantitative estimate of drug-likeness (QED) is 0.753. The van der Waals surface area contributed by atoms with Gasteiger partial charge in [0.05, 0.1) is 11.0 Å². The largest absolute Gasteiger partial charge is 0.353 e. The fourth-order valence-electron chi connectivity index (χ4n) is 4.66. The standard InChI is InChI=1S/C21H24N4/c1-2-6-15(7-3-1)14-25-17-10-11-18(25)13-16(12-17)22-21-23-19-8-4-5-9-20(19)24-21/h1-9,16-18H,10-14H2,(H2,22,23,24). The summed E-state index contributed by atoms with van der Waals surface area (Å²) in [6.45, 7) is 1.09. The van der Waals surface area contributed by atoms with Crippen LogP contribution in [-0.4, -0.2) is 33.0 Å². The number of hydrogen-bond donors (Lipinski definition) is 2. The van der Waals surface area contributed by atoms with E-state index >= 15 is 0 Å². The molecule has 2 aromatic carbocycles. The molecule has 2 aliphatic heterocycles. The monoisotopic (exact) mass is 332 g/mol. The van der Waals surface area contributed by atoms with Crippen LogP contribution in [0, 0.1) is 0 Å². The van der Waals surface area contributed by atoms with E-state index in [0.29, 0.717) is 18.1 Å². The number of nitrogens with zero attached hydrogens (tertiary/aromatic N) is 2. The van der Waals surface area contributed by atoms with Crippen molar-refractivity contribution in [1.82, 2.24) is 14.9 Å². The molecule has 0 spiro atoms. The lowest BCUT2D eigenvalue weighted by Crippen LogP contribution is -2.46. The summed E-state index contributed by atoms with van der Waals surface area (Å²) in [7, 11) is 0. The molecular weight excluding hydrogens is 308 g/mol. The van der Waals surface area contributed by atoms with Gasteiger partial charge in [-0.25, -0.2) is 4.98 Å². The summed E-state index contributed by atoms with van der Waals surface area (Å²) in [5.41, 5.74) is 3.58. The van der Waals surface area contributed by atoms with Crippen molar-refractivity contribution in [1.29, 1.82) is 0 Å². The topological polar surface area (TPSA) is 44.0 Å². The average molecular weight is 332 g/mol. The number of rotatable bonds is 4. The number of piperidine rings is 1. The van der Waals surface area contributed by atoms with Crippen molar-refractivity contribution >= 4 is 17.0 Å². The molecule has 0 aliphatic carbocycles. The summed E-state index contributed by atoms with van der Waals surface area (Å²) in [4.78, 5) is 10.8. The minimum absolute atomic E-state index is 0.519.